The fourth-order valence-electron chi connectivity index (χ4n) is 3.51. The van der Waals surface area contributed by atoms with Crippen molar-refractivity contribution in [2.75, 3.05) is 6.54 Å². The van der Waals surface area contributed by atoms with Crippen LogP contribution in [-0.2, 0) is 17.9 Å². The lowest BCUT2D eigenvalue weighted by Crippen LogP contribution is -2.32. The number of H-pyrrole nitrogens is 1. The zero-order valence-corrected chi connectivity index (χ0v) is 14.3. The summed E-state index contributed by atoms with van der Waals surface area (Å²) in [6.45, 7) is 4.06. The van der Waals surface area contributed by atoms with Crippen molar-refractivity contribution in [3.8, 4) is 0 Å². The number of aryl methyl sites for hydroxylation is 1. The Morgan fingerprint density at radius 2 is 2.08 bits per heavy atom. The van der Waals surface area contributed by atoms with Crippen molar-refractivity contribution in [1.82, 2.24) is 20.2 Å². The fraction of sp³-hybridized carbons (Fsp3) is 0.300. The molecular formula is C20H22N4O. The first-order chi connectivity index (χ1) is 12.2. The van der Waals surface area contributed by atoms with E-state index in [1.165, 1.54) is 16.3 Å². The van der Waals surface area contributed by atoms with Gasteiger partial charge < -0.3 is 15.2 Å². The molecule has 1 atom stereocenters. The molecule has 1 aliphatic heterocycles. The highest BCUT2D eigenvalue weighted by Gasteiger charge is 2.29. The quantitative estimate of drug-likeness (QED) is 0.754. The van der Waals surface area contributed by atoms with Gasteiger partial charge in [0.15, 0.2) is 0 Å². The maximum atomic E-state index is 12.4. The van der Waals surface area contributed by atoms with Crippen LogP contribution in [0.15, 0.2) is 48.7 Å². The van der Waals surface area contributed by atoms with Gasteiger partial charge in [0.2, 0.25) is 5.91 Å². The number of aromatic nitrogens is 2. The van der Waals surface area contributed by atoms with Crippen LogP contribution >= 0.6 is 0 Å². The van der Waals surface area contributed by atoms with Gasteiger partial charge in [-0.15, -0.1) is 0 Å². The Hall–Kier alpha value is -2.66. The van der Waals surface area contributed by atoms with Crippen LogP contribution < -0.4 is 5.32 Å². The maximum absolute atomic E-state index is 12.4. The number of hydrogen-bond acceptors (Lipinski definition) is 3. The van der Waals surface area contributed by atoms with Crippen LogP contribution in [-0.4, -0.2) is 33.4 Å². The Balaban J connectivity index is 1.42. The fourth-order valence-corrected chi connectivity index (χ4v) is 3.51. The second-order valence-electron chi connectivity index (χ2n) is 6.69. The molecule has 2 heterocycles. The molecule has 1 aliphatic rings. The van der Waals surface area contributed by atoms with Crippen LogP contribution in [0.2, 0.25) is 0 Å². The second-order valence-corrected chi connectivity index (χ2v) is 6.69. The number of benzene rings is 2. The van der Waals surface area contributed by atoms with Crippen molar-refractivity contribution in [3.05, 3.63) is 65.7 Å². The van der Waals surface area contributed by atoms with E-state index in [1.807, 2.05) is 30.2 Å². The Kier molecular flexibility index (Phi) is 4.24. The van der Waals surface area contributed by atoms with Crippen molar-refractivity contribution in [2.24, 2.45) is 0 Å². The first-order valence-corrected chi connectivity index (χ1v) is 8.67. The minimum absolute atomic E-state index is 0.186. The number of carbonyl (C=O) groups excluding carboxylic acids is 1. The largest absolute Gasteiger partial charge is 0.345 e. The third-order valence-electron chi connectivity index (χ3n) is 4.79. The highest BCUT2D eigenvalue weighted by molar-refractivity contribution is 5.86. The predicted molar refractivity (Wildman–Crippen MR) is 97.9 cm³/mol. The Morgan fingerprint density at radius 1 is 1.24 bits per heavy atom. The molecule has 5 heteroatoms. The van der Waals surface area contributed by atoms with Gasteiger partial charge in [-0.2, -0.15) is 0 Å². The first kappa shape index (κ1) is 15.8. The van der Waals surface area contributed by atoms with Gasteiger partial charge >= 0.3 is 0 Å². The SMILES string of the molecule is Cc1ncc(CN[C@H]2CC(=O)N(Cc3cccc4ccccc34)C2)[nH]1. The molecule has 5 nitrogen and oxygen atoms in total. The molecule has 128 valence electrons. The van der Waals surface area contributed by atoms with Crippen LogP contribution in [0, 0.1) is 6.92 Å². The van der Waals surface area contributed by atoms with Crippen LogP contribution in [0.25, 0.3) is 10.8 Å². The molecule has 1 aromatic heterocycles. The molecule has 4 rings (SSSR count). The lowest BCUT2D eigenvalue weighted by molar-refractivity contribution is -0.128. The predicted octanol–water partition coefficient (Wildman–Crippen LogP) is 2.76. The van der Waals surface area contributed by atoms with E-state index >= 15 is 0 Å². The highest BCUT2D eigenvalue weighted by Crippen LogP contribution is 2.22. The minimum atomic E-state index is 0.186. The number of amides is 1. The lowest BCUT2D eigenvalue weighted by atomic mass is 10.0. The third kappa shape index (κ3) is 3.42. The van der Waals surface area contributed by atoms with E-state index in [1.54, 1.807) is 0 Å². The van der Waals surface area contributed by atoms with Gasteiger partial charge in [0.05, 0.1) is 0 Å². The minimum Gasteiger partial charge on any atom is -0.345 e. The smallest absolute Gasteiger partial charge is 0.224 e. The number of aromatic amines is 1. The van der Waals surface area contributed by atoms with E-state index in [4.69, 9.17) is 0 Å². The number of nitrogens with one attached hydrogen (secondary N) is 2. The maximum Gasteiger partial charge on any atom is 0.224 e. The molecule has 2 aromatic carbocycles. The molecule has 1 amide bonds. The number of nitrogens with zero attached hydrogens (tertiary/aromatic N) is 2. The Labute approximate surface area is 147 Å². The molecule has 1 saturated heterocycles. The Bertz CT molecular complexity index is 896. The summed E-state index contributed by atoms with van der Waals surface area (Å²) in [5, 5.41) is 5.90. The first-order valence-electron chi connectivity index (χ1n) is 8.67. The van der Waals surface area contributed by atoms with E-state index in [2.05, 4.69) is 45.6 Å². The number of likely N-dealkylation sites (tertiary alicyclic amines) is 1. The van der Waals surface area contributed by atoms with Crippen molar-refractivity contribution >= 4 is 16.7 Å². The summed E-state index contributed by atoms with van der Waals surface area (Å²) >= 11 is 0. The summed E-state index contributed by atoms with van der Waals surface area (Å²) in [7, 11) is 0. The molecule has 0 radical (unpaired) electrons. The van der Waals surface area contributed by atoms with Crippen LogP contribution in [0.3, 0.4) is 0 Å². The molecule has 1 fully saturated rings. The second kappa shape index (κ2) is 6.69. The van der Waals surface area contributed by atoms with E-state index in [0.29, 0.717) is 19.5 Å². The standard InChI is InChI=1S/C20H22N4O/c1-14-21-10-18(23-14)11-22-17-9-20(25)24(13-17)12-16-7-4-6-15-5-2-3-8-19(15)16/h2-8,10,17,22H,9,11-13H2,1H3,(H,21,23)/t17-/m0/s1. The molecule has 25 heavy (non-hydrogen) atoms. The van der Waals surface area contributed by atoms with Crippen LogP contribution in [0.4, 0.5) is 0 Å². The van der Waals surface area contributed by atoms with E-state index in [-0.39, 0.29) is 11.9 Å². The van der Waals surface area contributed by atoms with E-state index in [0.717, 1.165) is 18.1 Å². The summed E-state index contributed by atoms with van der Waals surface area (Å²) in [4.78, 5) is 21.8. The van der Waals surface area contributed by atoms with E-state index in [9.17, 15) is 4.79 Å². The van der Waals surface area contributed by atoms with Crippen LogP contribution in [0.5, 0.6) is 0 Å². The molecule has 0 unspecified atom stereocenters. The number of hydrogen-bond donors (Lipinski definition) is 2. The van der Waals surface area contributed by atoms with Gasteiger partial charge in [0, 0.05) is 44.0 Å². The van der Waals surface area contributed by atoms with Crippen molar-refractivity contribution in [1.29, 1.82) is 0 Å². The zero-order chi connectivity index (χ0) is 17.2. The number of imidazole rings is 1. The summed E-state index contributed by atoms with van der Waals surface area (Å²) in [5.74, 6) is 1.13. The molecule has 0 saturated carbocycles. The third-order valence-corrected chi connectivity index (χ3v) is 4.79. The molecule has 3 aromatic rings. The van der Waals surface area contributed by atoms with Crippen molar-refractivity contribution in [3.63, 3.8) is 0 Å². The van der Waals surface area contributed by atoms with Crippen molar-refractivity contribution < 1.29 is 4.79 Å². The highest BCUT2D eigenvalue weighted by atomic mass is 16.2. The molecule has 0 aliphatic carbocycles. The average molecular weight is 334 g/mol. The summed E-state index contributed by atoms with van der Waals surface area (Å²) in [5.41, 5.74) is 2.26. The molecule has 0 bridgehead atoms. The van der Waals surface area contributed by atoms with Gasteiger partial charge in [-0.1, -0.05) is 42.5 Å². The molecule has 2 N–H and O–H groups in total. The molecule has 0 spiro atoms. The normalized spacial score (nSPS) is 17.6. The van der Waals surface area contributed by atoms with Crippen molar-refractivity contribution in [2.45, 2.75) is 32.5 Å². The summed E-state index contributed by atoms with van der Waals surface area (Å²) in [6, 6.07) is 14.8. The lowest BCUT2D eigenvalue weighted by Gasteiger charge is -2.18. The topological polar surface area (TPSA) is 61.0 Å². The summed E-state index contributed by atoms with van der Waals surface area (Å²) < 4.78 is 0. The van der Waals surface area contributed by atoms with E-state index < -0.39 is 0 Å². The van der Waals surface area contributed by atoms with Gasteiger partial charge in [0.1, 0.15) is 5.82 Å². The van der Waals surface area contributed by atoms with Crippen LogP contribution in [0.1, 0.15) is 23.5 Å². The molecular weight excluding hydrogens is 312 g/mol. The van der Waals surface area contributed by atoms with Gasteiger partial charge in [-0.05, 0) is 23.3 Å². The van der Waals surface area contributed by atoms with Gasteiger partial charge in [0.25, 0.3) is 0 Å². The number of rotatable bonds is 5. The Morgan fingerprint density at radius 3 is 2.92 bits per heavy atom. The van der Waals surface area contributed by atoms with Gasteiger partial charge in [-0.3, -0.25) is 4.79 Å². The summed E-state index contributed by atoms with van der Waals surface area (Å²) in [6.07, 6.45) is 2.39. The van der Waals surface area contributed by atoms with Gasteiger partial charge in [-0.25, -0.2) is 4.98 Å². The number of carbonyl (C=O) groups is 1. The zero-order valence-electron chi connectivity index (χ0n) is 14.3. The number of fused-ring (bicyclic) bond motifs is 1. The monoisotopic (exact) mass is 334 g/mol. The average Bonchev–Trinajstić information content (AvgIpc) is 3.19.